The zero-order chi connectivity index (χ0) is 20.7. The molecular formula is C22H32N2O4. The maximum absolute atomic E-state index is 12.6. The number of carbonyl (C=O) groups is 2. The second kappa shape index (κ2) is 9.62. The predicted molar refractivity (Wildman–Crippen MR) is 110 cm³/mol. The van der Waals surface area contributed by atoms with Gasteiger partial charge in [-0.05, 0) is 57.2 Å². The Labute approximate surface area is 167 Å². The lowest BCUT2D eigenvalue weighted by Crippen LogP contribution is -2.42. The van der Waals surface area contributed by atoms with Crippen molar-refractivity contribution in [2.24, 2.45) is 5.92 Å². The number of ether oxygens (including phenoxy) is 2. The number of benzene rings is 1. The van der Waals surface area contributed by atoms with Crippen LogP contribution in [0.25, 0.3) is 6.08 Å². The topological polar surface area (TPSA) is 67.9 Å². The van der Waals surface area contributed by atoms with Gasteiger partial charge in [-0.1, -0.05) is 18.7 Å². The van der Waals surface area contributed by atoms with E-state index < -0.39 is 5.60 Å². The smallest absolute Gasteiger partial charge is 0.407 e. The fourth-order valence-corrected chi connectivity index (χ4v) is 3.27. The second-order valence-electron chi connectivity index (χ2n) is 8.16. The molecule has 6 nitrogen and oxygen atoms in total. The lowest BCUT2D eigenvalue weighted by Gasteiger charge is -2.32. The van der Waals surface area contributed by atoms with Gasteiger partial charge in [0.2, 0.25) is 5.91 Å². The molecule has 1 aromatic carbocycles. The lowest BCUT2D eigenvalue weighted by molar-refractivity contribution is -0.131. The van der Waals surface area contributed by atoms with Gasteiger partial charge in [0.15, 0.2) is 0 Å². The first-order valence-corrected chi connectivity index (χ1v) is 9.76. The van der Waals surface area contributed by atoms with Gasteiger partial charge in [0.25, 0.3) is 0 Å². The fraction of sp³-hybridized carbons (Fsp3) is 0.545. The van der Waals surface area contributed by atoms with Crippen molar-refractivity contribution in [3.8, 4) is 5.75 Å². The Morgan fingerprint density at radius 2 is 1.96 bits per heavy atom. The monoisotopic (exact) mass is 388 g/mol. The number of hydrogen-bond donors (Lipinski definition) is 1. The van der Waals surface area contributed by atoms with E-state index in [1.165, 1.54) is 0 Å². The highest BCUT2D eigenvalue weighted by Crippen LogP contribution is 2.22. The van der Waals surface area contributed by atoms with Crippen LogP contribution in [0.5, 0.6) is 5.75 Å². The van der Waals surface area contributed by atoms with Gasteiger partial charge in [-0.25, -0.2) is 4.79 Å². The molecule has 1 fully saturated rings. The van der Waals surface area contributed by atoms with Gasteiger partial charge >= 0.3 is 6.09 Å². The summed E-state index contributed by atoms with van der Waals surface area (Å²) in [6, 6.07) is 5.73. The number of likely N-dealkylation sites (tertiary alicyclic amines) is 1. The molecule has 2 rings (SSSR count). The van der Waals surface area contributed by atoms with Crippen molar-refractivity contribution in [3.63, 3.8) is 0 Å². The highest BCUT2D eigenvalue weighted by molar-refractivity contribution is 5.79. The van der Waals surface area contributed by atoms with Gasteiger partial charge in [0.05, 0.1) is 13.5 Å². The SMILES string of the molecule is C=Cc1cc(CC(=O)N2CCC(CNC(=O)OC(C)(C)C)CC2)ccc1OC. The van der Waals surface area contributed by atoms with Crippen LogP contribution in [-0.4, -0.2) is 49.2 Å². The van der Waals surface area contributed by atoms with E-state index in [0.717, 1.165) is 29.7 Å². The van der Waals surface area contributed by atoms with Crippen molar-refractivity contribution >= 4 is 18.1 Å². The molecule has 0 aliphatic carbocycles. The molecule has 0 atom stereocenters. The van der Waals surface area contributed by atoms with E-state index in [0.29, 0.717) is 32.0 Å². The Morgan fingerprint density at radius 3 is 2.54 bits per heavy atom. The van der Waals surface area contributed by atoms with Gasteiger partial charge in [0, 0.05) is 25.2 Å². The molecule has 154 valence electrons. The number of amides is 2. The normalized spacial score (nSPS) is 15.1. The Bertz CT molecular complexity index is 701. The van der Waals surface area contributed by atoms with Crippen molar-refractivity contribution in [2.45, 2.75) is 45.6 Å². The van der Waals surface area contributed by atoms with Crippen LogP contribution in [0, 0.1) is 5.92 Å². The number of rotatable bonds is 6. The number of hydrogen-bond acceptors (Lipinski definition) is 4. The predicted octanol–water partition coefficient (Wildman–Crippen LogP) is 3.64. The number of nitrogens with zero attached hydrogens (tertiary/aromatic N) is 1. The lowest BCUT2D eigenvalue weighted by atomic mass is 9.96. The summed E-state index contributed by atoms with van der Waals surface area (Å²) in [6.45, 7) is 11.3. The molecule has 0 spiro atoms. The molecule has 1 N–H and O–H groups in total. The zero-order valence-electron chi connectivity index (χ0n) is 17.4. The van der Waals surface area contributed by atoms with E-state index in [2.05, 4.69) is 11.9 Å². The standard InChI is InChI=1S/C22H32N2O4/c1-6-18-13-17(7-8-19(18)27-5)14-20(25)24-11-9-16(10-12-24)15-23-21(26)28-22(2,3)4/h6-8,13,16H,1,9-12,14-15H2,2-5H3,(H,23,26). The maximum atomic E-state index is 12.6. The van der Waals surface area contributed by atoms with Gasteiger partial charge in [-0.3, -0.25) is 4.79 Å². The third kappa shape index (κ3) is 6.59. The molecule has 1 saturated heterocycles. The van der Waals surface area contributed by atoms with Crippen LogP contribution in [0.15, 0.2) is 24.8 Å². The molecule has 1 aliphatic rings. The number of alkyl carbamates (subject to hydrolysis) is 1. The number of carbonyl (C=O) groups excluding carboxylic acids is 2. The van der Waals surface area contributed by atoms with Crippen LogP contribution in [0.3, 0.4) is 0 Å². The largest absolute Gasteiger partial charge is 0.496 e. The van der Waals surface area contributed by atoms with Crippen LogP contribution >= 0.6 is 0 Å². The highest BCUT2D eigenvalue weighted by atomic mass is 16.6. The van der Waals surface area contributed by atoms with Crippen LogP contribution in [0.4, 0.5) is 4.79 Å². The van der Waals surface area contributed by atoms with Gasteiger partial charge in [-0.2, -0.15) is 0 Å². The average molecular weight is 389 g/mol. The summed E-state index contributed by atoms with van der Waals surface area (Å²) in [5, 5.41) is 2.83. The van der Waals surface area contributed by atoms with Gasteiger partial charge in [-0.15, -0.1) is 0 Å². The highest BCUT2D eigenvalue weighted by Gasteiger charge is 2.24. The van der Waals surface area contributed by atoms with Gasteiger partial charge < -0.3 is 19.7 Å². The van der Waals surface area contributed by atoms with E-state index in [1.807, 2.05) is 43.9 Å². The molecule has 1 aliphatic heterocycles. The second-order valence-corrected chi connectivity index (χ2v) is 8.16. The zero-order valence-corrected chi connectivity index (χ0v) is 17.4. The number of methoxy groups -OCH3 is 1. The molecule has 0 bridgehead atoms. The minimum atomic E-state index is -0.493. The Balaban J connectivity index is 1.79. The summed E-state index contributed by atoms with van der Waals surface area (Å²) < 4.78 is 10.5. The van der Waals surface area contributed by atoms with E-state index in [-0.39, 0.29) is 12.0 Å². The fourth-order valence-electron chi connectivity index (χ4n) is 3.27. The van der Waals surface area contributed by atoms with Gasteiger partial charge in [0.1, 0.15) is 11.4 Å². The van der Waals surface area contributed by atoms with Crippen molar-refractivity contribution in [3.05, 3.63) is 35.9 Å². The Morgan fingerprint density at radius 1 is 1.29 bits per heavy atom. The molecule has 0 radical (unpaired) electrons. The van der Waals surface area contributed by atoms with Crippen molar-refractivity contribution < 1.29 is 19.1 Å². The average Bonchev–Trinajstić information content (AvgIpc) is 2.65. The summed E-state index contributed by atoms with van der Waals surface area (Å²) in [5.74, 6) is 1.24. The van der Waals surface area contributed by atoms with Crippen LogP contribution in [-0.2, 0) is 16.0 Å². The quantitative estimate of drug-likeness (QED) is 0.808. The summed E-state index contributed by atoms with van der Waals surface area (Å²) in [7, 11) is 1.62. The number of nitrogens with one attached hydrogen (secondary N) is 1. The van der Waals surface area contributed by atoms with E-state index in [4.69, 9.17) is 9.47 Å². The molecule has 0 aromatic heterocycles. The molecule has 2 amide bonds. The molecule has 1 heterocycles. The first-order chi connectivity index (χ1) is 13.2. The third-order valence-electron chi connectivity index (χ3n) is 4.77. The first-order valence-electron chi connectivity index (χ1n) is 9.76. The Hall–Kier alpha value is -2.50. The summed E-state index contributed by atoms with van der Waals surface area (Å²) in [6.07, 6.45) is 3.47. The number of piperidine rings is 1. The van der Waals surface area contributed by atoms with Crippen LogP contribution in [0.1, 0.15) is 44.7 Å². The van der Waals surface area contributed by atoms with E-state index >= 15 is 0 Å². The minimum absolute atomic E-state index is 0.124. The van der Waals surface area contributed by atoms with E-state index in [9.17, 15) is 9.59 Å². The summed E-state index contributed by atoms with van der Waals surface area (Å²) in [4.78, 5) is 26.3. The molecule has 1 aromatic rings. The minimum Gasteiger partial charge on any atom is -0.496 e. The summed E-state index contributed by atoms with van der Waals surface area (Å²) >= 11 is 0. The van der Waals surface area contributed by atoms with Crippen molar-refractivity contribution in [1.82, 2.24) is 10.2 Å². The van der Waals surface area contributed by atoms with E-state index in [1.54, 1.807) is 13.2 Å². The Kier molecular flexibility index (Phi) is 7.49. The molecule has 0 saturated carbocycles. The van der Waals surface area contributed by atoms with Crippen LogP contribution < -0.4 is 10.1 Å². The maximum Gasteiger partial charge on any atom is 0.407 e. The first kappa shape index (κ1) is 21.8. The molecule has 0 unspecified atom stereocenters. The van der Waals surface area contributed by atoms with Crippen molar-refractivity contribution in [1.29, 1.82) is 0 Å². The molecular weight excluding hydrogens is 356 g/mol. The molecule has 28 heavy (non-hydrogen) atoms. The van der Waals surface area contributed by atoms with Crippen molar-refractivity contribution in [2.75, 3.05) is 26.7 Å². The third-order valence-corrected chi connectivity index (χ3v) is 4.77. The molecule has 6 heteroatoms. The summed E-state index contributed by atoms with van der Waals surface area (Å²) in [5.41, 5.74) is 1.35. The van der Waals surface area contributed by atoms with Crippen LogP contribution in [0.2, 0.25) is 0 Å².